The van der Waals surface area contributed by atoms with Crippen molar-refractivity contribution in [1.82, 2.24) is 9.97 Å². The third-order valence-corrected chi connectivity index (χ3v) is 3.02. The smallest absolute Gasteiger partial charge is 0.293 e. The molecule has 2 rings (SSSR count). The molecule has 0 fully saturated rings. The maximum Gasteiger partial charge on any atom is 0.293 e. The molecule has 0 aliphatic heterocycles. The van der Waals surface area contributed by atoms with Crippen molar-refractivity contribution in [3.8, 4) is 0 Å². The molecule has 0 saturated heterocycles. The summed E-state index contributed by atoms with van der Waals surface area (Å²) >= 11 is 11.8. The van der Waals surface area contributed by atoms with Gasteiger partial charge in [0.05, 0.1) is 15.7 Å². The van der Waals surface area contributed by atoms with E-state index in [4.69, 9.17) is 23.2 Å². The second kappa shape index (κ2) is 5.33. The van der Waals surface area contributed by atoms with Crippen molar-refractivity contribution in [1.29, 1.82) is 0 Å². The van der Waals surface area contributed by atoms with Gasteiger partial charge in [-0.15, -0.1) is 0 Å². The normalized spacial score (nSPS) is 10.2. The molecule has 1 heterocycles. The number of nitrogens with one attached hydrogen (secondary N) is 1. The first-order valence-corrected chi connectivity index (χ1v) is 5.88. The lowest BCUT2D eigenvalue weighted by molar-refractivity contribution is 0.101. The number of halogens is 2. The fourth-order valence-electron chi connectivity index (χ4n) is 1.34. The maximum absolute atomic E-state index is 11.9. The quantitative estimate of drug-likeness (QED) is 0.919. The molecule has 18 heavy (non-hydrogen) atoms. The van der Waals surface area contributed by atoms with Crippen molar-refractivity contribution in [3.05, 3.63) is 52.0 Å². The zero-order valence-corrected chi connectivity index (χ0v) is 11.0. The first-order valence-electron chi connectivity index (χ1n) is 5.13. The average Bonchev–Trinajstić information content (AvgIpc) is 2.35. The number of hydrogen-bond donors (Lipinski definition) is 1. The van der Waals surface area contributed by atoms with Crippen LogP contribution in [0.15, 0.2) is 30.5 Å². The second-order valence-electron chi connectivity index (χ2n) is 3.58. The monoisotopic (exact) mass is 281 g/mol. The van der Waals surface area contributed by atoms with E-state index in [1.54, 1.807) is 31.2 Å². The van der Waals surface area contributed by atoms with Crippen molar-refractivity contribution in [2.24, 2.45) is 0 Å². The van der Waals surface area contributed by atoms with E-state index in [9.17, 15) is 4.79 Å². The third-order valence-electron chi connectivity index (χ3n) is 2.20. The van der Waals surface area contributed by atoms with Gasteiger partial charge in [-0.2, -0.15) is 0 Å². The lowest BCUT2D eigenvalue weighted by Crippen LogP contribution is -2.16. The van der Waals surface area contributed by atoms with Crippen LogP contribution in [0.1, 0.15) is 16.3 Å². The van der Waals surface area contributed by atoms with Gasteiger partial charge in [-0.25, -0.2) is 9.97 Å². The number of benzene rings is 1. The average molecular weight is 282 g/mol. The number of hydrogen-bond acceptors (Lipinski definition) is 3. The molecule has 92 valence electrons. The molecule has 6 heteroatoms. The minimum atomic E-state index is -0.428. The molecule has 0 spiro atoms. The molecule has 0 saturated carbocycles. The summed E-state index contributed by atoms with van der Waals surface area (Å²) in [6.07, 6.45) is 1.52. The number of nitrogens with zero attached hydrogens (tertiary/aromatic N) is 2. The summed E-state index contributed by atoms with van der Waals surface area (Å²) in [4.78, 5) is 19.8. The standard InChI is InChI=1S/C12H9Cl2N3O/c1-7-5-6-15-11(16-7)12(18)17-9-4-2-3-8(13)10(9)14/h2-6H,1H3,(H,17,18). The van der Waals surface area contributed by atoms with E-state index >= 15 is 0 Å². The van der Waals surface area contributed by atoms with Crippen molar-refractivity contribution >= 4 is 34.8 Å². The van der Waals surface area contributed by atoms with Gasteiger partial charge in [0.2, 0.25) is 5.82 Å². The topological polar surface area (TPSA) is 54.9 Å². The largest absolute Gasteiger partial charge is 0.318 e. The Morgan fingerprint density at radius 2 is 2.06 bits per heavy atom. The molecule has 0 unspecified atom stereocenters. The first kappa shape index (κ1) is 12.8. The van der Waals surface area contributed by atoms with Gasteiger partial charge in [0, 0.05) is 11.9 Å². The van der Waals surface area contributed by atoms with E-state index in [-0.39, 0.29) is 5.82 Å². The van der Waals surface area contributed by atoms with Crippen LogP contribution >= 0.6 is 23.2 Å². The number of rotatable bonds is 2. The number of anilines is 1. The number of carbonyl (C=O) groups excluding carboxylic acids is 1. The summed E-state index contributed by atoms with van der Waals surface area (Å²) in [5, 5.41) is 3.28. The number of aromatic nitrogens is 2. The van der Waals surface area contributed by atoms with Crippen LogP contribution in [0.4, 0.5) is 5.69 Å². The van der Waals surface area contributed by atoms with Crippen LogP contribution in [0.3, 0.4) is 0 Å². The van der Waals surface area contributed by atoms with Gasteiger partial charge < -0.3 is 5.32 Å². The van der Waals surface area contributed by atoms with Crippen molar-refractivity contribution < 1.29 is 4.79 Å². The summed E-state index contributed by atoms with van der Waals surface area (Å²) in [5.41, 5.74) is 1.15. The van der Waals surface area contributed by atoms with Gasteiger partial charge in [0.1, 0.15) is 0 Å². The first-order chi connectivity index (χ1) is 8.58. The van der Waals surface area contributed by atoms with Crippen LogP contribution in [0, 0.1) is 6.92 Å². The molecule has 0 aliphatic rings. The number of carbonyl (C=O) groups is 1. The molecular formula is C12H9Cl2N3O. The number of aryl methyl sites for hydroxylation is 1. The molecule has 0 atom stereocenters. The molecule has 0 bridgehead atoms. The van der Waals surface area contributed by atoms with Crippen LogP contribution in [0.25, 0.3) is 0 Å². The molecule has 1 aromatic heterocycles. The van der Waals surface area contributed by atoms with E-state index in [0.717, 1.165) is 0 Å². The Labute approximate surface area is 114 Å². The van der Waals surface area contributed by atoms with Gasteiger partial charge in [-0.1, -0.05) is 29.3 Å². The van der Waals surface area contributed by atoms with E-state index in [2.05, 4.69) is 15.3 Å². The Kier molecular flexibility index (Phi) is 3.79. The van der Waals surface area contributed by atoms with Crippen LogP contribution in [0.5, 0.6) is 0 Å². The van der Waals surface area contributed by atoms with Crippen molar-refractivity contribution in [2.75, 3.05) is 5.32 Å². The lowest BCUT2D eigenvalue weighted by atomic mass is 10.3. The van der Waals surface area contributed by atoms with Crippen LogP contribution in [-0.4, -0.2) is 15.9 Å². The summed E-state index contributed by atoms with van der Waals surface area (Å²) < 4.78 is 0. The Morgan fingerprint density at radius 3 is 2.78 bits per heavy atom. The highest BCUT2D eigenvalue weighted by molar-refractivity contribution is 6.44. The predicted molar refractivity (Wildman–Crippen MR) is 71.2 cm³/mol. The fraction of sp³-hybridized carbons (Fsp3) is 0.0833. The molecular weight excluding hydrogens is 273 g/mol. The Morgan fingerprint density at radius 1 is 1.28 bits per heavy atom. The van der Waals surface area contributed by atoms with Gasteiger partial charge in [0.15, 0.2) is 0 Å². The molecule has 1 N–H and O–H groups in total. The van der Waals surface area contributed by atoms with E-state index in [0.29, 0.717) is 21.4 Å². The fourth-order valence-corrected chi connectivity index (χ4v) is 1.68. The van der Waals surface area contributed by atoms with Gasteiger partial charge in [-0.3, -0.25) is 4.79 Å². The molecule has 4 nitrogen and oxygen atoms in total. The van der Waals surface area contributed by atoms with E-state index in [1.165, 1.54) is 6.20 Å². The minimum absolute atomic E-state index is 0.0889. The molecule has 0 aliphatic carbocycles. The van der Waals surface area contributed by atoms with Crippen molar-refractivity contribution in [2.45, 2.75) is 6.92 Å². The highest BCUT2D eigenvalue weighted by Gasteiger charge is 2.12. The summed E-state index contributed by atoms with van der Waals surface area (Å²) in [5.74, 6) is -0.339. The van der Waals surface area contributed by atoms with Crippen LogP contribution < -0.4 is 5.32 Å². The molecule has 1 amide bonds. The number of amides is 1. The van der Waals surface area contributed by atoms with E-state index < -0.39 is 5.91 Å². The van der Waals surface area contributed by atoms with Crippen molar-refractivity contribution in [3.63, 3.8) is 0 Å². The van der Waals surface area contributed by atoms with Gasteiger partial charge in [-0.05, 0) is 25.1 Å². The second-order valence-corrected chi connectivity index (χ2v) is 4.36. The Bertz CT molecular complexity index is 602. The van der Waals surface area contributed by atoms with Gasteiger partial charge >= 0.3 is 0 Å². The SMILES string of the molecule is Cc1ccnc(C(=O)Nc2cccc(Cl)c2Cl)n1. The Balaban J connectivity index is 2.24. The predicted octanol–water partition coefficient (Wildman–Crippen LogP) is 3.34. The maximum atomic E-state index is 11.9. The summed E-state index contributed by atoms with van der Waals surface area (Å²) in [6, 6.07) is 6.70. The molecule has 2 aromatic rings. The lowest BCUT2D eigenvalue weighted by Gasteiger charge is -2.07. The van der Waals surface area contributed by atoms with Crippen LogP contribution in [-0.2, 0) is 0 Å². The Hall–Kier alpha value is -1.65. The molecule has 1 aromatic carbocycles. The van der Waals surface area contributed by atoms with Gasteiger partial charge in [0.25, 0.3) is 5.91 Å². The highest BCUT2D eigenvalue weighted by Crippen LogP contribution is 2.29. The highest BCUT2D eigenvalue weighted by atomic mass is 35.5. The minimum Gasteiger partial charge on any atom is -0.318 e. The summed E-state index contributed by atoms with van der Waals surface area (Å²) in [7, 11) is 0. The zero-order chi connectivity index (χ0) is 13.1. The third kappa shape index (κ3) is 2.78. The summed E-state index contributed by atoms with van der Waals surface area (Å²) in [6.45, 7) is 1.78. The van der Waals surface area contributed by atoms with Crippen LogP contribution in [0.2, 0.25) is 10.0 Å². The van der Waals surface area contributed by atoms with E-state index in [1.807, 2.05) is 0 Å². The molecule has 0 radical (unpaired) electrons. The zero-order valence-electron chi connectivity index (χ0n) is 9.45.